The maximum absolute atomic E-state index is 9.58. The van der Waals surface area contributed by atoms with Gasteiger partial charge in [0.05, 0.1) is 13.2 Å². The van der Waals surface area contributed by atoms with E-state index in [1.165, 1.54) is 5.56 Å². The van der Waals surface area contributed by atoms with Crippen LogP contribution in [0.2, 0.25) is 0 Å². The van der Waals surface area contributed by atoms with Crippen molar-refractivity contribution in [3.8, 4) is 5.75 Å². The van der Waals surface area contributed by atoms with Crippen molar-refractivity contribution in [1.29, 1.82) is 0 Å². The molecule has 6 nitrogen and oxygen atoms in total. The van der Waals surface area contributed by atoms with Crippen molar-refractivity contribution in [3.05, 3.63) is 42.1 Å². The molecular weight excluding hydrogens is 316 g/mol. The highest BCUT2D eigenvalue weighted by Gasteiger charge is 2.19. The molecule has 1 aromatic heterocycles. The Hall–Kier alpha value is -2.34. The molecule has 3 rings (SSSR count). The molecule has 1 saturated carbocycles. The van der Waals surface area contributed by atoms with Crippen LogP contribution in [-0.4, -0.2) is 40.9 Å². The lowest BCUT2D eigenvalue weighted by Crippen LogP contribution is -2.29. The zero-order valence-electron chi connectivity index (χ0n) is 14.6. The summed E-state index contributed by atoms with van der Waals surface area (Å²) in [6, 6.07) is 10.3. The molecule has 1 fully saturated rings. The molecule has 1 aliphatic carbocycles. The van der Waals surface area contributed by atoms with Gasteiger partial charge < -0.3 is 20.5 Å². The molecule has 2 aromatic rings. The fourth-order valence-electron chi connectivity index (χ4n) is 3.06. The third-order valence-corrected chi connectivity index (χ3v) is 4.56. The fourth-order valence-corrected chi connectivity index (χ4v) is 3.06. The minimum atomic E-state index is -0.148. The van der Waals surface area contributed by atoms with Gasteiger partial charge in [-0.05, 0) is 55.9 Å². The van der Waals surface area contributed by atoms with E-state index >= 15 is 0 Å². The molecule has 0 amide bonds. The van der Waals surface area contributed by atoms with Gasteiger partial charge in [0, 0.05) is 18.8 Å². The molecule has 0 unspecified atom stereocenters. The Morgan fingerprint density at radius 1 is 1.12 bits per heavy atom. The maximum atomic E-state index is 9.58. The molecule has 1 heterocycles. The van der Waals surface area contributed by atoms with Crippen LogP contribution >= 0.6 is 0 Å². The lowest BCUT2D eigenvalue weighted by atomic mass is 9.93. The smallest absolute Gasteiger partial charge is 0.224 e. The molecule has 1 aliphatic rings. The number of benzene rings is 1. The van der Waals surface area contributed by atoms with Gasteiger partial charge in [0.15, 0.2) is 0 Å². The second kappa shape index (κ2) is 8.67. The number of aliphatic hydroxyl groups is 1. The number of rotatable bonds is 7. The predicted molar refractivity (Wildman–Crippen MR) is 99.1 cm³/mol. The number of ether oxygens (including phenoxy) is 1. The molecule has 0 atom stereocenters. The van der Waals surface area contributed by atoms with Gasteiger partial charge in [0.2, 0.25) is 5.95 Å². The van der Waals surface area contributed by atoms with Crippen LogP contribution in [0.25, 0.3) is 0 Å². The summed E-state index contributed by atoms with van der Waals surface area (Å²) in [6.45, 7) is 0.804. The molecular formula is C19H26N4O2. The number of hydrogen-bond donors (Lipinski definition) is 3. The van der Waals surface area contributed by atoms with E-state index in [4.69, 9.17) is 4.74 Å². The summed E-state index contributed by atoms with van der Waals surface area (Å²) in [5.41, 5.74) is 1.25. The van der Waals surface area contributed by atoms with E-state index in [0.717, 1.165) is 50.2 Å². The summed E-state index contributed by atoms with van der Waals surface area (Å²) in [5.74, 6) is 2.34. The lowest BCUT2D eigenvalue weighted by Gasteiger charge is -2.26. The first-order chi connectivity index (χ1) is 12.2. The number of methoxy groups -OCH3 is 1. The first-order valence-corrected chi connectivity index (χ1v) is 8.87. The van der Waals surface area contributed by atoms with Crippen molar-refractivity contribution in [1.82, 2.24) is 9.97 Å². The van der Waals surface area contributed by atoms with Gasteiger partial charge in [-0.3, -0.25) is 0 Å². The summed E-state index contributed by atoms with van der Waals surface area (Å²) in [5, 5.41) is 16.3. The molecule has 0 radical (unpaired) electrons. The summed E-state index contributed by atoms with van der Waals surface area (Å²) in [4.78, 5) is 8.83. The number of aliphatic hydroxyl groups excluding tert-OH is 1. The number of hydrogen-bond acceptors (Lipinski definition) is 6. The quantitative estimate of drug-likeness (QED) is 0.718. The molecule has 6 heteroatoms. The van der Waals surface area contributed by atoms with Gasteiger partial charge >= 0.3 is 0 Å². The fraction of sp³-hybridized carbons (Fsp3) is 0.474. The number of nitrogens with zero attached hydrogens (tertiary/aromatic N) is 2. The minimum absolute atomic E-state index is 0.148. The van der Waals surface area contributed by atoms with Crippen LogP contribution in [0.3, 0.4) is 0 Å². The molecule has 3 N–H and O–H groups in total. The standard InChI is InChI=1S/C19H26N4O2/c1-25-17-8-2-14(3-9-17)10-12-20-18-11-13-21-19(23-18)22-15-4-6-16(24)7-5-15/h2-3,8-9,11,13,15-16,24H,4-7,10,12H2,1H3,(H2,20,21,22,23). The largest absolute Gasteiger partial charge is 0.497 e. The first-order valence-electron chi connectivity index (χ1n) is 8.87. The topological polar surface area (TPSA) is 79.3 Å². The summed E-state index contributed by atoms with van der Waals surface area (Å²) in [7, 11) is 1.67. The van der Waals surface area contributed by atoms with E-state index in [1.807, 2.05) is 18.2 Å². The maximum Gasteiger partial charge on any atom is 0.224 e. The van der Waals surface area contributed by atoms with Gasteiger partial charge in [-0.1, -0.05) is 12.1 Å². The highest BCUT2D eigenvalue weighted by molar-refractivity contribution is 5.40. The monoisotopic (exact) mass is 342 g/mol. The number of anilines is 2. The van der Waals surface area contributed by atoms with Gasteiger partial charge in [-0.25, -0.2) is 4.98 Å². The molecule has 0 spiro atoms. The van der Waals surface area contributed by atoms with E-state index in [0.29, 0.717) is 12.0 Å². The predicted octanol–water partition coefficient (Wildman–Crippen LogP) is 2.86. The Morgan fingerprint density at radius 3 is 2.60 bits per heavy atom. The van der Waals surface area contributed by atoms with Crippen molar-refractivity contribution in [2.75, 3.05) is 24.3 Å². The molecule has 25 heavy (non-hydrogen) atoms. The van der Waals surface area contributed by atoms with Gasteiger partial charge in [-0.15, -0.1) is 0 Å². The highest BCUT2D eigenvalue weighted by Crippen LogP contribution is 2.21. The zero-order valence-corrected chi connectivity index (χ0v) is 14.6. The van der Waals surface area contributed by atoms with Crippen LogP contribution in [0.15, 0.2) is 36.5 Å². The van der Waals surface area contributed by atoms with E-state index in [1.54, 1.807) is 13.3 Å². The number of aromatic nitrogens is 2. The van der Waals surface area contributed by atoms with Crippen LogP contribution in [0.1, 0.15) is 31.2 Å². The first kappa shape index (κ1) is 17.5. The normalized spacial score (nSPS) is 20.1. The minimum Gasteiger partial charge on any atom is -0.497 e. The molecule has 0 saturated heterocycles. The van der Waals surface area contributed by atoms with Crippen molar-refractivity contribution in [3.63, 3.8) is 0 Å². The Labute approximate surface area is 148 Å². The van der Waals surface area contributed by atoms with Crippen LogP contribution in [0.5, 0.6) is 5.75 Å². The Balaban J connectivity index is 1.47. The van der Waals surface area contributed by atoms with Gasteiger partial charge in [-0.2, -0.15) is 4.98 Å². The number of nitrogens with one attached hydrogen (secondary N) is 2. The van der Waals surface area contributed by atoms with Crippen LogP contribution in [-0.2, 0) is 6.42 Å². The van der Waals surface area contributed by atoms with Gasteiger partial charge in [0.25, 0.3) is 0 Å². The Morgan fingerprint density at radius 2 is 1.88 bits per heavy atom. The van der Waals surface area contributed by atoms with Crippen LogP contribution < -0.4 is 15.4 Å². The summed E-state index contributed by atoms with van der Waals surface area (Å²) >= 11 is 0. The van der Waals surface area contributed by atoms with Crippen molar-refractivity contribution in [2.24, 2.45) is 0 Å². The van der Waals surface area contributed by atoms with E-state index in [-0.39, 0.29) is 6.10 Å². The zero-order chi connectivity index (χ0) is 17.5. The van der Waals surface area contributed by atoms with Crippen molar-refractivity contribution < 1.29 is 9.84 Å². The molecule has 0 aliphatic heterocycles. The average molecular weight is 342 g/mol. The summed E-state index contributed by atoms with van der Waals surface area (Å²) < 4.78 is 5.17. The third kappa shape index (κ3) is 5.32. The van der Waals surface area contributed by atoms with Gasteiger partial charge in [0.1, 0.15) is 11.6 Å². The summed E-state index contributed by atoms with van der Waals surface area (Å²) in [6.07, 6.45) is 6.14. The van der Waals surface area contributed by atoms with Crippen LogP contribution in [0.4, 0.5) is 11.8 Å². The van der Waals surface area contributed by atoms with Crippen molar-refractivity contribution in [2.45, 2.75) is 44.2 Å². The Kier molecular flexibility index (Phi) is 6.06. The van der Waals surface area contributed by atoms with Crippen molar-refractivity contribution >= 4 is 11.8 Å². The highest BCUT2D eigenvalue weighted by atomic mass is 16.5. The Bertz CT molecular complexity index is 655. The molecule has 134 valence electrons. The molecule has 1 aromatic carbocycles. The van der Waals surface area contributed by atoms with E-state index in [9.17, 15) is 5.11 Å². The second-order valence-electron chi connectivity index (χ2n) is 6.44. The average Bonchev–Trinajstić information content (AvgIpc) is 2.65. The van der Waals surface area contributed by atoms with Crippen LogP contribution in [0, 0.1) is 0 Å². The lowest BCUT2D eigenvalue weighted by molar-refractivity contribution is 0.126. The second-order valence-corrected chi connectivity index (χ2v) is 6.44. The molecule has 0 bridgehead atoms. The SMILES string of the molecule is COc1ccc(CCNc2ccnc(NC3CCC(O)CC3)n2)cc1. The van der Waals surface area contributed by atoms with E-state index < -0.39 is 0 Å². The third-order valence-electron chi connectivity index (χ3n) is 4.56. The van der Waals surface area contributed by atoms with E-state index in [2.05, 4.69) is 32.7 Å².